The van der Waals surface area contributed by atoms with E-state index < -0.39 is 0 Å². The second kappa shape index (κ2) is 3.56. The van der Waals surface area contributed by atoms with Crippen LogP contribution in [-0.4, -0.2) is 0 Å². The highest BCUT2D eigenvalue weighted by molar-refractivity contribution is 5.86. The van der Waals surface area contributed by atoms with Crippen LogP contribution >= 0.6 is 0 Å². The number of allylic oxidation sites excluding steroid dienone is 1. The van der Waals surface area contributed by atoms with Gasteiger partial charge >= 0.3 is 0 Å². The van der Waals surface area contributed by atoms with Gasteiger partial charge in [-0.15, -0.1) is 0 Å². The lowest BCUT2D eigenvalue weighted by atomic mass is 10.1. The van der Waals surface area contributed by atoms with Gasteiger partial charge in [0.1, 0.15) is 12.0 Å². The molecule has 1 aliphatic rings. The van der Waals surface area contributed by atoms with Crippen molar-refractivity contribution in [2.45, 2.75) is 13.3 Å². The van der Waals surface area contributed by atoms with Crippen LogP contribution in [0.4, 0.5) is 0 Å². The van der Waals surface area contributed by atoms with E-state index in [4.69, 9.17) is 9.47 Å². The van der Waals surface area contributed by atoms with Crippen molar-refractivity contribution in [3.05, 3.63) is 48.4 Å². The van der Waals surface area contributed by atoms with Gasteiger partial charge in [0.05, 0.1) is 0 Å². The van der Waals surface area contributed by atoms with E-state index in [9.17, 15) is 0 Å². The summed E-state index contributed by atoms with van der Waals surface area (Å²) in [6, 6.07) is 12.2. The summed E-state index contributed by atoms with van der Waals surface area (Å²) < 4.78 is 11.3. The molecular weight excluding hydrogens is 200 g/mol. The van der Waals surface area contributed by atoms with Crippen LogP contribution in [0.5, 0.6) is 11.5 Å². The lowest BCUT2D eigenvalue weighted by Crippen LogP contribution is -2.03. The summed E-state index contributed by atoms with van der Waals surface area (Å²) >= 11 is 0. The molecule has 2 heteroatoms. The van der Waals surface area contributed by atoms with E-state index in [-0.39, 0.29) is 0 Å². The lowest BCUT2D eigenvalue weighted by Gasteiger charge is -2.18. The van der Waals surface area contributed by atoms with Gasteiger partial charge in [0.25, 0.3) is 0 Å². The largest absolute Gasteiger partial charge is 0.458 e. The van der Waals surface area contributed by atoms with Gasteiger partial charge in [-0.3, -0.25) is 0 Å². The van der Waals surface area contributed by atoms with Crippen LogP contribution in [0, 0.1) is 0 Å². The Kier molecular flexibility index (Phi) is 2.07. The van der Waals surface area contributed by atoms with Crippen LogP contribution in [-0.2, 0) is 0 Å². The average molecular weight is 212 g/mol. The van der Waals surface area contributed by atoms with Gasteiger partial charge in [0.15, 0.2) is 11.5 Å². The van der Waals surface area contributed by atoms with Crippen LogP contribution in [0.15, 0.2) is 48.4 Å². The lowest BCUT2D eigenvalue weighted by molar-refractivity contribution is 0.317. The number of fused-ring (bicyclic) bond motifs is 2. The first-order valence-corrected chi connectivity index (χ1v) is 5.43. The van der Waals surface area contributed by atoms with Gasteiger partial charge in [-0.2, -0.15) is 0 Å². The van der Waals surface area contributed by atoms with Gasteiger partial charge in [0.2, 0.25) is 0 Å². The molecule has 16 heavy (non-hydrogen) atoms. The Labute approximate surface area is 94.1 Å². The van der Waals surface area contributed by atoms with E-state index in [0.29, 0.717) is 0 Å². The quantitative estimate of drug-likeness (QED) is 0.714. The van der Waals surface area contributed by atoms with E-state index in [2.05, 4.69) is 12.1 Å². The molecule has 0 saturated carbocycles. The van der Waals surface area contributed by atoms with Crippen molar-refractivity contribution in [2.24, 2.45) is 0 Å². The summed E-state index contributed by atoms with van der Waals surface area (Å²) in [5, 5.41) is 2.33. The molecule has 0 saturated heterocycles. The van der Waals surface area contributed by atoms with Crippen molar-refractivity contribution in [1.82, 2.24) is 0 Å². The highest BCUT2D eigenvalue weighted by Gasteiger charge is 2.13. The summed E-state index contributed by atoms with van der Waals surface area (Å²) in [6.07, 6.45) is 2.52. The maximum Gasteiger partial charge on any atom is 0.170 e. The first kappa shape index (κ1) is 9.28. The van der Waals surface area contributed by atoms with Crippen LogP contribution in [0.2, 0.25) is 0 Å². The Morgan fingerprint density at radius 1 is 1.00 bits per heavy atom. The summed E-state index contributed by atoms with van der Waals surface area (Å²) in [7, 11) is 0. The Bertz CT molecular complexity index is 570. The zero-order chi connectivity index (χ0) is 11.0. The Morgan fingerprint density at radius 3 is 2.38 bits per heavy atom. The van der Waals surface area contributed by atoms with Crippen LogP contribution in [0.3, 0.4) is 0 Å². The molecule has 0 unspecified atom stereocenters. The van der Waals surface area contributed by atoms with E-state index in [0.717, 1.165) is 29.1 Å². The number of benzene rings is 2. The van der Waals surface area contributed by atoms with Crippen LogP contribution in [0.25, 0.3) is 10.8 Å². The molecule has 2 nitrogen and oxygen atoms in total. The van der Waals surface area contributed by atoms with Gasteiger partial charge < -0.3 is 9.47 Å². The molecule has 0 spiro atoms. The summed E-state index contributed by atoms with van der Waals surface area (Å²) in [5.74, 6) is 2.46. The molecule has 0 aliphatic carbocycles. The summed E-state index contributed by atoms with van der Waals surface area (Å²) in [6.45, 7) is 2.04. The SMILES string of the molecule is CCC1=COc2cc3ccccc3cc2O1. The fourth-order valence-electron chi connectivity index (χ4n) is 1.82. The van der Waals surface area contributed by atoms with Gasteiger partial charge in [-0.05, 0) is 22.9 Å². The van der Waals surface area contributed by atoms with E-state index in [1.807, 2.05) is 31.2 Å². The van der Waals surface area contributed by atoms with Gasteiger partial charge in [0, 0.05) is 6.42 Å². The third kappa shape index (κ3) is 1.43. The molecule has 3 rings (SSSR count). The predicted molar refractivity (Wildman–Crippen MR) is 63.6 cm³/mol. The molecule has 0 bridgehead atoms. The molecule has 0 fully saturated rings. The molecule has 0 N–H and O–H groups in total. The van der Waals surface area contributed by atoms with Crippen molar-refractivity contribution in [1.29, 1.82) is 0 Å². The maximum absolute atomic E-state index is 5.73. The molecular formula is C14H12O2. The molecule has 1 aliphatic heterocycles. The molecule has 0 amide bonds. The third-order valence-corrected chi connectivity index (χ3v) is 2.72. The summed E-state index contributed by atoms with van der Waals surface area (Å²) in [4.78, 5) is 0. The molecule has 1 heterocycles. The predicted octanol–water partition coefficient (Wildman–Crippen LogP) is 3.86. The van der Waals surface area contributed by atoms with Crippen molar-refractivity contribution >= 4 is 10.8 Å². The van der Waals surface area contributed by atoms with Crippen molar-refractivity contribution in [3.8, 4) is 11.5 Å². The first-order chi connectivity index (χ1) is 7.86. The molecule has 0 radical (unpaired) electrons. The Balaban J connectivity index is 2.14. The standard InChI is InChI=1S/C14H12O2/c1-2-12-9-15-13-7-10-5-3-4-6-11(10)8-14(13)16-12/h3-9H,2H2,1H3. The Morgan fingerprint density at radius 2 is 1.69 bits per heavy atom. The molecule has 2 aromatic carbocycles. The minimum Gasteiger partial charge on any atom is -0.458 e. The zero-order valence-electron chi connectivity index (χ0n) is 9.07. The summed E-state index contributed by atoms with van der Waals surface area (Å²) in [5.41, 5.74) is 0. The third-order valence-electron chi connectivity index (χ3n) is 2.72. The number of ether oxygens (including phenoxy) is 2. The normalized spacial score (nSPS) is 13.7. The van der Waals surface area contributed by atoms with Crippen molar-refractivity contribution in [2.75, 3.05) is 0 Å². The smallest absolute Gasteiger partial charge is 0.170 e. The zero-order valence-corrected chi connectivity index (χ0v) is 9.07. The second-order valence-corrected chi connectivity index (χ2v) is 3.80. The minimum atomic E-state index is 0.788. The topological polar surface area (TPSA) is 18.5 Å². The maximum atomic E-state index is 5.73. The van der Waals surface area contributed by atoms with E-state index >= 15 is 0 Å². The minimum absolute atomic E-state index is 0.788. The van der Waals surface area contributed by atoms with Crippen molar-refractivity contribution < 1.29 is 9.47 Å². The fraction of sp³-hybridized carbons (Fsp3) is 0.143. The first-order valence-electron chi connectivity index (χ1n) is 5.43. The second-order valence-electron chi connectivity index (χ2n) is 3.80. The van der Waals surface area contributed by atoms with Gasteiger partial charge in [-0.1, -0.05) is 31.2 Å². The molecule has 80 valence electrons. The molecule has 0 aromatic heterocycles. The van der Waals surface area contributed by atoms with Crippen molar-refractivity contribution in [3.63, 3.8) is 0 Å². The van der Waals surface area contributed by atoms with Crippen LogP contribution in [0.1, 0.15) is 13.3 Å². The van der Waals surface area contributed by atoms with E-state index in [1.54, 1.807) is 6.26 Å². The number of hydrogen-bond acceptors (Lipinski definition) is 2. The monoisotopic (exact) mass is 212 g/mol. The van der Waals surface area contributed by atoms with Crippen LogP contribution < -0.4 is 9.47 Å². The van der Waals surface area contributed by atoms with Gasteiger partial charge in [-0.25, -0.2) is 0 Å². The molecule has 0 atom stereocenters. The highest BCUT2D eigenvalue weighted by atomic mass is 16.6. The average Bonchev–Trinajstić information content (AvgIpc) is 2.35. The fourth-order valence-corrected chi connectivity index (χ4v) is 1.82. The molecule has 2 aromatic rings. The Hall–Kier alpha value is -1.96. The highest BCUT2D eigenvalue weighted by Crippen LogP contribution is 2.36. The van der Waals surface area contributed by atoms with E-state index in [1.165, 1.54) is 5.39 Å². The number of rotatable bonds is 1. The number of hydrogen-bond donors (Lipinski definition) is 0.